The number of carbonyl (C=O) groups is 1. The number of hydrogen-bond acceptors (Lipinski definition) is 2. The van der Waals surface area contributed by atoms with Crippen LogP contribution in [0.3, 0.4) is 0 Å². The predicted octanol–water partition coefficient (Wildman–Crippen LogP) is 2.24. The highest BCUT2D eigenvalue weighted by molar-refractivity contribution is 6.33. The van der Waals surface area contributed by atoms with Gasteiger partial charge in [-0.25, -0.2) is 4.39 Å². The summed E-state index contributed by atoms with van der Waals surface area (Å²) in [6.45, 7) is 1.39. The number of benzene rings is 1. The van der Waals surface area contributed by atoms with E-state index in [0.29, 0.717) is 12.1 Å². The van der Waals surface area contributed by atoms with Gasteiger partial charge in [-0.1, -0.05) is 11.6 Å². The van der Waals surface area contributed by atoms with Crippen LogP contribution >= 0.6 is 24.0 Å². The minimum absolute atomic E-state index is 0. The topological polar surface area (TPSA) is 41.1 Å². The molecule has 0 unspecified atom stereocenters. The average Bonchev–Trinajstić information content (AvgIpc) is 2.24. The summed E-state index contributed by atoms with van der Waals surface area (Å²) in [7, 11) is 1.85. The summed E-state index contributed by atoms with van der Waals surface area (Å²) in [6.07, 6.45) is 0.834. The maximum Gasteiger partial charge on any atom is 0.252 e. The van der Waals surface area contributed by atoms with Crippen molar-refractivity contribution in [2.45, 2.75) is 6.42 Å². The molecule has 1 rings (SSSR count). The molecule has 0 saturated carbocycles. The maximum atomic E-state index is 12.7. The summed E-state index contributed by atoms with van der Waals surface area (Å²) in [6, 6.07) is 3.73. The van der Waals surface area contributed by atoms with E-state index < -0.39 is 5.82 Å². The first kappa shape index (κ1) is 16.2. The van der Waals surface area contributed by atoms with E-state index in [9.17, 15) is 9.18 Å². The SMILES string of the molecule is CNCCCNC(=O)c1ccc(F)cc1Cl.Cl. The third-order valence-electron chi connectivity index (χ3n) is 2.06. The summed E-state index contributed by atoms with van der Waals surface area (Å²) in [5.41, 5.74) is 0.299. The molecule has 0 atom stereocenters. The second-order valence-electron chi connectivity index (χ2n) is 3.34. The van der Waals surface area contributed by atoms with Gasteiger partial charge in [-0.2, -0.15) is 0 Å². The predicted molar refractivity (Wildman–Crippen MR) is 69.5 cm³/mol. The van der Waals surface area contributed by atoms with Crippen LogP contribution < -0.4 is 10.6 Å². The van der Waals surface area contributed by atoms with Crippen LogP contribution in [0.2, 0.25) is 5.02 Å². The number of nitrogens with one attached hydrogen (secondary N) is 2. The van der Waals surface area contributed by atoms with Gasteiger partial charge >= 0.3 is 0 Å². The van der Waals surface area contributed by atoms with Gasteiger partial charge in [-0.05, 0) is 38.2 Å². The van der Waals surface area contributed by atoms with Crippen LogP contribution in [0.4, 0.5) is 4.39 Å². The molecule has 0 spiro atoms. The zero-order valence-electron chi connectivity index (χ0n) is 9.43. The van der Waals surface area contributed by atoms with E-state index in [1.807, 2.05) is 7.05 Å². The van der Waals surface area contributed by atoms with Crippen molar-refractivity contribution in [2.75, 3.05) is 20.1 Å². The van der Waals surface area contributed by atoms with Gasteiger partial charge in [0, 0.05) is 6.54 Å². The summed E-state index contributed by atoms with van der Waals surface area (Å²) < 4.78 is 12.7. The second-order valence-corrected chi connectivity index (χ2v) is 3.74. The highest BCUT2D eigenvalue weighted by Gasteiger charge is 2.09. The Hall–Kier alpha value is -0.840. The molecule has 0 fully saturated rings. The summed E-state index contributed by atoms with van der Waals surface area (Å²) >= 11 is 5.75. The molecular formula is C11H15Cl2FN2O. The van der Waals surface area contributed by atoms with Crippen molar-refractivity contribution in [3.05, 3.63) is 34.6 Å². The molecule has 0 aliphatic rings. The highest BCUT2D eigenvalue weighted by atomic mass is 35.5. The zero-order chi connectivity index (χ0) is 12.0. The Kier molecular flexibility index (Phi) is 7.87. The molecule has 6 heteroatoms. The van der Waals surface area contributed by atoms with Crippen LogP contribution in [0, 0.1) is 5.82 Å². The lowest BCUT2D eigenvalue weighted by Gasteiger charge is -2.06. The van der Waals surface area contributed by atoms with Gasteiger partial charge in [0.2, 0.25) is 0 Å². The number of halogens is 3. The zero-order valence-corrected chi connectivity index (χ0v) is 11.0. The number of rotatable bonds is 5. The van der Waals surface area contributed by atoms with Crippen LogP contribution in [0.1, 0.15) is 16.8 Å². The second kappa shape index (κ2) is 8.28. The quantitative estimate of drug-likeness (QED) is 0.813. The Morgan fingerprint density at radius 3 is 2.71 bits per heavy atom. The van der Waals surface area contributed by atoms with Gasteiger partial charge in [0.15, 0.2) is 0 Å². The molecule has 17 heavy (non-hydrogen) atoms. The molecule has 0 radical (unpaired) electrons. The highest BCUT2D eigenvalue weighted by Crippen LogP contribution is 2.16. The van der Waals surface area contributed by atoms with Gasteiger partial charge in [0.05, 0.1) is 10.6 Å². The monoisotopic (exact) mass is 280 g/mol. The van der Waals surface area contributed by atoms with Crippen LogP contribution in [-0.2, 0) is 0 Å². The first-order valence-corrected chi connectivity index (χ1v) is 5.41. The molecule has 0 aliphatic heterocycles. The smallest absolute Gasteiger partial charge is 0.252 e. The molecule has 0 heterocycles. The molecule has 0 bridgehead atoms. The van der Waals surface area contributed by atoms with Crippen LogP contribution in [0.25, 0.3) is 0 Å². The molecule has 1 aromatic rings. The molecule has 3 nitrogen and oxygen atoms in total. The van der Waals surface area contributed by atoms with Crippen molar-refractivity contribution >= 4 is 29.9 Å². The molecule has 1 aromatic carbocycles. The minimum Gasteiger partial charge on any atom is -0.352 e. The summed E-state index contributed by atoms with van der Waals surface area (Å²) in [4.78, 5) is 11.6. The van der Waals surface area contributed by atoms with Gasteiger partial charge in [-0.3, -0.25) is 4.79 Å². The Morgan fingerprint density at radius 2 is 2.12 bits per heavy atom. The van der Waals surface area contributed by atoms with Crippen LogP contribution in [0.5, 0.6) is 0 Å². The Labute approximate surface area is 111 Å². The lowest BCUT2D eigenvalue weighted by molar-refractivity contribution is 0.0953. The lowest BCUT2D eigenvalue weighted by Crippen LogP contribution is -2.26. The van der Waals surface area contributed by atoms with Crippen molar-refractivity contribution in [2.24, 2.45) is 0 Å². The molecule has 2 N–H and O–H groups in total. The maximum absolute atomic E-state index is 12.7. The molecule has 0 aliphatic carbocycles. The van der Waals surface area contributed by atoms with E-state index in [1.54, 1.807) is 0 Å². The van der Waals surface area contributed by atoms with Crippen molar-refractivity contribution in [3.8, 4) is 0 Å². The third kappa shape index (κ3) is 5.35. The van der Waals surface area contributed by atoms with E-state index in [-0.39, 0.29) is 23.3 Å². The number of hydrogen-bond donors (Lipinski definition) is 2. The van der Waals surface area contributed by atoms with Gasteiger partial charge in [0.1, 0.15) is 5.82 Å². The Bertz CT molecular complexity index is 374. The number of carbonyl (C=O) groups excluding carboxylic acids is 1. The van der Waals surface area contributed by atoms with E-state index in [1.165, 1.54) is 12.1 Å². The van der Waals surface area contributed by atoms with Crippen LogP contribution in [0.15, 0.2) is 18.2 Å². The van der Waals surface area contributed by atoms with E-state index >= 15 is 0 Å². The lowest BCUT2D eigenvalue weighted by atomic mass is 10.2. The molecule has 1 amide bonds. The summed E-state index contributed by atoms with van der Waals surface area (Å²) in [5.74, 6) is -0.724. The molecule has 96 valence electrons. The molecule has 0 aromatic heterocycles. The van der Waals surface area contributed by atoms with Crippen molar-refractivity contribution in [3.63, 3.8) is 0 Å². The number of amides is 1. The summed E-state index contributed by atoms with van der Waals surface area (Å²) in [5, 5.41) is 5.81. The minimum atomic E-state index is -0.447. The van der Waals surface area contributed by atoms with Crippen molar-refractivity contribution < 1.29 is 9.18 Å². The van der Waals surface area contributed by atoms with E-state index in [4.69, 9.17) is 11.6 Å². The average molecular weight is 281 g/mol. The fraction of sp³-hybridized carbons (Fsp3) is 0.364. The van der Waals surface area contributed by atoms with Gasteiger partial charge < -0.3 is 10.6 Å². The Morgan fingerprint density at radius 1 is 1.41 bits per heavy atom. The van der Waals surface area contributed by atoms with Crippen molar-refractivity contribution in [1.29, 1.82) is 0 Å². The van der Waals surface area contributed by atoms with Crippen molar-refractivity contribution in [1.82, 2.24) is 10.6 Å². The molecular weight excluding hydrogens is 266 g/mol. The first-order valence-electron chi connectivity index (χ1n) is 5.03. The fourth-order valence-corrected chi connectivity index (χ4v) is 1.49. The van der Waals surface area contributed by atoms with Gasteiger partial charge in [0.25, 0.3) is 5.91 Å². The molecule has 0 saturated heterocycles. The van der Waals surface area contributed by atoms with Gasteiger partial charge in [-0.15, -0.1) is 12.4 Å². The largest absolute Gasteiger partial charge is 0.352 e. The van der Waals surface area contributed by atoms with E-state index in [2.05, 4.69) is 10.6 Å². The normalized spacial score (nSPS) is 9.59. The Balaban J connectivity index is 0.00000256. The fourth-order valence-electron chi connectivity index (χ4n) is 1.24. The third-order valence-corrected chi connectivity index (χ3v) is 2.38. The van der Waals surface area contributed by atoms with E-state index in [0.717, 1.165) is 19.0 Å². The van der Waals surface area contributed by atoms with Crippen LogP contribution in [-0.4, -0.2) is 26.0 Å². The first-order chi connectivity index (χ1) is 7.65. The standard InChI is InChI=1S/C11H14ClFN2O.ClH/c1-14-5-2-6-15-11(16)9-4-3-8(13)7-10(9)12;/h3-4,7,14H,2,5-6H2,1H3,(H,15,16);1H.